The van der Waals surface area contributed by atoms with Crippen molar-refractivity contribution in [3.63, 3.8) is 0 Å². The summed E-state index contributed by atoms with van der Waals surface area (Å²) in [4.78, 5) is 16.1. The minimum absolute atomic E-state index is 0.296. The number of anilines is 1. The number of aryl methyl sites for hydroxylation is 1. The highest BCUT2D eigenvalue weighted by molar-refractivity contribution is 6.02. The maximum Gasteiger partial charge on any atom is 0.278 e. The number of carbonyl (C=O) groups is 1. The van der Waals surface area contributed by atoms with Crippen LogP contribution in [0.1, 0.15) is 22.1 Å². The van der Waals surface area contributed by atoms with Crippen LogP contribution in [0.4, 0.5) is 5.82 Å². The second kappa shape index (κ2) is 4.77. The lowest BCUT2D eigenvalue weighted by atomic mass is 10.2. The Kier molecular flexibility index (Phi) is 2.96. The summed E-state index contributed by atoms with van der Waals surface area (Å²) in [7, 11) is 0. The highest BCUT2D eigenvalue weighted by Crippen LogP contribution is 2.11. The molecule has 0 saturated carbocycles. The Morgan fingerprint density at radius 3 is 2.95 bits per heavy atom. The fourth-order valence-corrected chi connectivity index (χ4v) is 1.74. The molecule has 98 valence electrons. The van der Waals surface area contributed by atoms with Crippen molar-refractivity contribution in [1.82, 2.24) is 25.3 Å². The van der Waals surface area contributed by atoms with Gasteiger partial charge in [-0.2, -0.15) is 0 Å². The molecule has 1 fully saturated rings. The molecule has 0 aromatic carbocycles. The lowest BCUT2D eigenvalue weighted by Gasteiger charge is -2.26. The smallest absolute Gasteiger partial charge is 0.278 e. The Bertz CT molecular complexity index is 587. The number of pyridine rings is 1. The van der Waals surface area contributed by atoms with Crippen molar-refractivity contribution < 1.29 is 4.79 Å². The van der Waals surface area contributed by atoms with E-state index in [-0.39, 0.29) is 5.91 Å². The van der Waals surface area contributed by atoms with Gasteiger partial charge in [-0.05, 0) is 18.6 Å². The van der Waals surface area contributed by atoms with Crippen LogP contribution in [-0.4, -0.2) is 39.0 Å². The molecule has 1 aliphatic heterocycles. The Morgan fingerprint density at radius 1 is 1.47 bits per heavy atom. The lowest BCUT2D eigenvalue weighted by molar-refractivity contribution is 0.102. The van der Waals surface area contributed by atoms with Gasteiger partial charge in [0.2, 0.25) is 0 Å². The fourth-order valence-electron chi connectivity index (χ4n) is 1.74. The molecule has 2 N–H and O–H groups in total. The number of hydrogen-bond donors (Lipinski definition) is 2. The van der Waals surface area contributed by atoms with E-state index < -0.39 is 0 Å². The van der Waals surface area contributed by atoms with Gasteiger partial charge in [-0.3, -0.25) is 4.79 Å². The molecule has 2 aromatic rings. The Balaban J connectivity index is 1.69. The molecule has 0 aliphatic carbocycles. The zero-order valence-electron chi connectivity index (χ0n) is 10.5. The van der Waals surface area contributed by atoms with E-state index in [2.05, 4.69) is 25.9 Å². The van der Waals surface area contributed by atoms with Crippen LogP contribution >= 0.6 is 0 Å². The number of carbonyl (C=O) groups excluding carboxylic acids is 1. The Morgan fingerprint density at radius 2 is 2.32 bits per heavy atom. The van der Waals surface area contributed by atoms with E-state index in [1.54, 1.807) is 23.1 Å². The molecule has 0 bridgehead atoms. The quantitative estimate of drug-likeness (QED) is 0.831. The van der Waals surface area contributed by atoms with Crippen LogP contribution in [0.3, 0.4) is 0 Å². The van der Waals surface area contributed by atoms with Crippen LogP contribution in [-0.2, 0) is 0 Å². The first-order chi connectivity index (χ1) is 9.22. The minimum Gasteiger partial charge on any atom is -0.312 e. The first-order valence-electron chi connectivity index (χ1n) is 6.09. The van der Waals surface area contributed by atoms with Gasteiger partial charge in [0.05, 0.1) is 12.2 Å². The van der Waals surface area contributed by atoms with Crippen molar-refractivity contribution >= 4 is 11.7 Å². The average molecular weight is 258 g/mol. The van der Waals surface area contributed by atoms with Gasteiger partial charge in [-0.25, -0.2) is 9.67 Å². The van der Waals surface area contributed by atoms with Gasteiger partial charge in [0.15, 0.2) is 5.69 Å². The summed E-state index contributed by atoms with van der Waals surface area (Å²) in [6, 6.07) is 3.94. The predicted molar refractivity (Wildman–Crippen MR) is 68.9 cm³/mol. The van der Waals surface area contributed by atoms with E-state index in [1.807, 2.05) is 13.0 Å². The molecule has 7 nitrogen and oxygen atoms in total. The van der Waals surface area contributed by atoms with Crippen LogP contribution in [0, 0.1) is 6.92 Å². The third kappa shape index (κ3) is 2.45. The van der Waals surface area contributed by atoms with Gasteiger partial charge in [-0.15, -0.1) is 5.10 Å². The van der Waals surface area contributed by atoms with Crippen molar-refractivity contribution in [2.45, 2.75) is 13.0 Å². The van der Waals surface area contributed by atoms with Crippen LogP contribution < -0.4 is 10.6 Å². The summed E-state index contributed by atoms with van der Waals surface area (Å²) >= 11 is 0. The van der Waals surface area contributed by atoms with E-state index in [4.69, 9.17) is 0 Å². The Hall–Kier alpha value is -2.28. The summed E-state index contributed by atoms with van der Waals surface area (Å²) in [6.07, 6.45) is 3.36. The molecule has 3 rings (SSSR count). The van der Waals surface area contributed by atoms with Crippen LogP contribution in [0.15, 0.2) is 24.5 Å². The van der Waals surface area contributed by atoms with E-state index in [1.165, 1.54) is 0 Å². The van der Waals surface area contributed by atoms with Crippen molar-refractivity contribution in [1.29, 1.82) is 0 Å². The van der Waals surface area contributed by atoms with E-state index in [9.17, 15) is 4.79 Å². The summed E-state index contributed by atoms with van der Waals surface area (Å²) < 4.78 is 1.72. The highest BCUT2D eigenvalue weighted by atomic mass is 16.2. The monoisotopic (exact) mass is 258 g/mol. The first kappa shape index (κ1) is 11.8. The third-order valence-corrected chi connectivity index (χ3v) is 3.03. The van der Waals surface area contributed by atoms with E-state index in [0.29, 0.717) is 17.6 Å². The maximum atomic E-state index is 12.0. The maximum absolute atomic E-state index is 12.0. The SMILES string of the molecule is Cc1ccc(NC(=O)c2cn(C3CNC3)nn2)nc1. The van der Waals surface area contributed by atoms with Crippen LogP contribution in [0.2, 0.25) is 0 Å². The molecule has 0 atom stereocenters. The molecule has 0 spiro atoms. The van der Waals surface area contributed by atoms with Gasteiger partial charge in [0.25, 0.3) is 5.91 Å². The van der Waals surface area contributed by atoms with E-state index in [0.717, 1.165) is 18.7 Å². The standard InChI is InChI=1S/C12H14N6O/c1-8-2-3-11(14-4-8)15-12(19)10-7-18(17-16-10)9-5-13-6-9/h2-4,7,9,13H,5-6H2,1H3,(H,14,15,19). The second-order valence-electron chi connectivity index (χ2n) is 4.57. The molecule has 3 heterocycles. The highest BCUT2D eigenvalue weighted by Gasteiger charge is 2.21. The average Bonchev–Trinajstić information content (AvgIpc) is 2.79. The van der Waals surface area contributed by atoms with Gasteiger partial charge in [0, 0.05) is 19.3 Å². The normalized spacial score (nSPS) is 15.0. The van der Waals surface area contributed by atoms with Crippen molar-refractivity contribution in [2.75, 3.05) is 18.4 Å². The number of rotatable bonds is 3. The number of nitrogens with zero attached hydrogens (tertiary/aromatic N) is 4. The summed E-state index contributed by atoms with van der Waals surface area (Å²) in [5.41, 5.74) is 1.34. The topological polar surface area (TPSA) is 84.7 Å². The zero-order valence-corrected chi connectivity index (χ0v) is 10.5. The molecule has 1 amide bonds. The molecule has 2 aromatic heterocycles. The van der Waals surface area contributed by atoms with Gasteiger partial charge in [-0.1, -0.05) is 11.3 Å². The summed E-state index contributed by atoms with van der Waals surface area (Å²) in [5.74, 6) is 0.213. The van der Waals surface area contributed by atoms with Gasteiger partial charge >= 0.3 is 0 Å². The summed E-state index contributed by atoms with van der Waals surface area (Å²) in [5, 5.41) is 13.7. The van der Waals surface area contributed by atoms with Gasteiger partial charge < -0.3 is 10.6 Å². The second-order valence-corrected chi connectivity index (χ2v) is 4.57. The first-order valence-corrected chi connectivity index (χ1v) is 6.09. The minimum atomic E-state index is -0.296. The number of aromatic nitrogens is 4. The lowest BCUT2D eigenvalue weighted by Crippen LogP contribution is -2.43. The molecule has 1 aliphatic rings. The molecule has 7 heteroatoms. The van der Waals surface area contributed by atoms with E-state index >= 15 is 0 Å². The third-order valence-electron chi connectivity index (χ3n) is 3.03. The molecular formula is C12H14N6O. The van der Waals surface area contributed by atoms with Crippen LogP contribution in [0.5, 0.6) is 0 Å². The Labute approximate surface area is 110 Å². The molecular weight excluding hydrogens is 244 g/mol. The predicted octanol–water partition coefficient (Wildman–Crippen LogP) is 0.378. The molecule has 0 unspecified atom stereocenters. The van der Waals surface area contributed by atoms with Crippen LogP contribution in [0.25, 0.3) is 0 Å². The largest absolute Gasteiger partial charge is 0.312 e. The van der Waals surface area contributed by atoms with Crippen molar-refractivity contribution in [3.8, 4) is 0 Å². The van der Waals surface area contributed by atoms with Gasteiger partial charge in [0.1, 0.15) is 5.82 Å². The van der Waals surface area contributed by atoms with Crippen molar-refractivity contribution in [2.24, 2.45) is 0 Å². The number of amides is 1. The number of hydrogen-bond acceptors (Lipinski definition) is 5. The molecule has 0 radical (unpaired) electrons. The molecule has 1 saturated heterocycles. The number of nitrogens with one attached hydrogen (secondary N) is 2. The summed E-state index contributed by atoms with van der Waals surface area (Å²) in [6.45, 7) is 3.67. The molecule has 19 heavy (non-hydrogen) atoms. The fraction of sp³-hybridized carbons (Fsp3) is 0.333. The zero-order chi connectivity index (χ0) is 13.2. The van der Waals surface area contributed by atoms with Crippen molar-refractivity contribution in [3.05, 3.63) is 35.8 Å².